The van der Waals surface area contributed by atoms with E-state index in [1.54, 1.807) is 6.20 Å². The predicted molar refractivity (Wildman–Crippen MR) is 77.9 cm³/mol. The monoisotopic (exact) mass is 313 g/mol. The number of carboxylic acid groups (broad SMARTS) is 1. The van der Waals surface area contributed by atoms with E-state index in [4.69, 9.17) is 4.42 Å². The largest absolute Gasteiger partial charge is 0.480 e. The Morgan fingerprint density at radius 1 is 1.57 bits per heavy atom. The summed E-state index contributed by atoms with van der Waals surface area (Å²) in [7, 11) is 0. The molecule has 2 heterocycles. The van der Waals surface area contributed by atoms with Gasteiger partial charge in [-0.05, 0) is 6.42 Å². The molecule has 1 aromatic rings. The van der Waals surface area contributed by atoms with Gasteiger partial charge in [-0.15, -0.1) is 11.8 Å². The van der Waals surface area contributed by atoms with Crippen molar-refractivity contribution in [2.24, 2.45) is 0 Å². The normalized spacial score (nSPS) is 21.5. The number of carbonyl (C=O) groups excluding carboxylic acids is 1. The van der Waals surface area contributed by atoms with Crippen molar-refractivity contribution in [2.75, 3.05) is 5.75 Å². The quantitative estimate of drug-likeness (QED) is 0.858. The Morgan fingerprint density at radius 3 is 2.90 bits per heavy atom. The van der Waals surface area contributed by atoms with E-state index < -0.39 is 18.0 Å². The summed E-state index contributed by atoms with van der Waals surface area (Å²) in [5, 5.41) is 11.8. The molecule has 7 nitrogen and oxygen atoms in total. The highest BCUT2D eigenvalue weighted by atomic mass is 32.2. The van der Waals surface area contributed by atoms with Crippen molar-refractivity contribution in [1.29, 1.82) is 0 Å². The molecule has 1 aromatic heterocycles. The van der Waals surface area contributed by atoms with Crippen molar-refractivity contribution < 1.29 is 19.1 Å². The lowest BCUT2D eigenvalue weighted by atomic mass is 10.3. The number of urea groups is 1. The Kier molecular flexibility index (Phi) is 5.11. The van der Waals surface area contributed by atoms with Gasteiger partial charge in [-0.1, -0.05) is 13.8 Å². The highest BCUT2D eigenvalue weighted by Gasteiger charge is 2.40. The molecule has 0 aliphatic carbocycles. The number of rotatable bonds is 5. The molecule has 116 valence electrons. The predicted octanol–water partition coefficient (Wildman–Crippen LogP) is 1.68. The van der Waals surface area contributed by atoms with Crippen LogP contribution in [0.4, 0.5) is 4.79 Å². The summed E-state index contributed by atoms with van der Waals surface area (Å²) in [5.74, 6) is 0.621. The molecule has 0 saturated carbocycles. The fourth-order valence-electron chi connectivity index (χ4n) is 2.18. The second-order valence-corrected chi connectivity index (χ2v) is 5.90. The van der Waals surface area contributed by atoms with Gasteiger partial charge in [-0.2, -0.15) is 0 Å². The fraction of sp³-hybridized carbons (Fsp3) is 0.615. The van der Waals surface area contributed by atoms with Gasteiger partial charge in [0.1, 0.15) is 11.8 Å². The van der Waals surface area contributed by atoms with E-state index in [0.717, 1.165) is 12.2 Å². The molecule has 1 aliphatic heterocycles. The van der Waals surface area contributed by atoms with E-state index in [0.29, 0.717) is 18.1 Å². The van der Waals surface area contributed by atoms with Crippen LogP contribution >= 0.6 is 11.8 Å². The molecule has 1 fully saturated rings. The minimum Gasteiger partial charge on any atom is -0.480 e. The third-order valence-electron chi connectivity index (χ3n) is 3.30. The van der Waals surface area contributed by atoms with Gasteiger partial charge in [-0.3, -0.25) is 4.90 Å². The van der Waals surface area contributed by atoms with Gasteiger partial charge in [0, 0.05) is 12.2 Å². The smallest absolute Gasteiger partial charge is 0.327 e. The van der Waals surface area contributed by atoms with E-state index in [9.17, 15) is 14.7 Å². The summed E-state index contributed by atoms with van der Waals surface area (Å²) in [6, 6.07) is -1.17. The number of hydrogen-bond donors (Lipinski definition) is 2. The first kappa shape index (κ1) is 15.7. The number of hydrogen-bond acceptors (Lipinski definition) is 5. The summed E-state index contributed by atoms with van der Waals surface area (Å²) in [5.41, 5.74) is 0. The molecule has 2 atom stereocenters. The van der Waals surface area contributed by atoms with Gasteiger partial charge in [0.25, 0.3) is 0 Å². The van der Waals surface area contributed by atoms with Crippen molar-refractivity contribution in [2.45, 2.75) is 44.6 Å². The maximum absolute atomic E-state index is 12.2. The number of carbonyl (C=O) groups is 2. The van der Waals surface area contributed by atoms with Crippen LogP contribution in [0.5, 0.6) is 0 Å². The number of aliphatic carboxylic acids is 1. The maximum Gasteiger partial charge on any atom is 0.327 e. The molecule has 0 bridgehead atoms. The summed E-state index contributed by atoms with van der Waals surface area (Å²) < 4.78 is 5.41. The SMILES string of the molecule is CCc1cnc(CNC(=O)N2C(CC)SCC2C(=O)O)o1. The number of oxazole rings is 1. The second-order valence-electron chi connectivity index (χ2n) is 4.69. The van der Waals surface area contributed by atoms with Gasteiger partial charge in [0.2, 0.25) is 5.89 Å². The molecule has 1 aliphatic rings. The molecule has 1 saturated heterocycles. The molecule has 2 amide bonds. The number of nitrogens with one attached hydrogen (secondary N) is 1. The minimum atomic E-state index is -0.974. The average molecular weight is 313 g/mol. The number of carboxylic acids is 1. The number of thioether (sulfide) groups is 1. The van der Waals surface area contributed by atoms with Gasteiger partial charge < -0.3 is 14.8 Å². The Balaban J connectivity index is 1.98. The zero-order chi connectivity index (χ0) is 15.4. The highest BCUT2D eigenvalue weighted by molar-refractivity contribution is 8.00. The third-order valence-corrected chi connectivity index (χ3v) is 4.76. The van der Waals surface area contributed by atoms with Crippen LogP contribution in [0.2, 0.25) is 0 Å². The first-order valence-electron chi connectivity index (χ1n) is 6.91. The molecule has 2 rings (SSSR count). The molecule has 0 radical (unpaired) electrons. The van der Waals surface area contributed by atoms with Crippen LogP contribution in [-0.4, -0.2) is 44.2 Å². The van der Waals surface area contributed by atoms with Crippen molar-refractivity contribution in [3.05, 3.63) is 17.8 Å². The molecule has 8 heteroatoms. The van der Waals surface area contributed by atoms with E-state index in [2.05, 4.69) is 10.3 Å². The van der Waals surface area contributed by atoms with Crippen LogP contribution in [0.15, 0.2) is 10.6 Å². The van der Waals surface area contributed by atoms with Crippen LogP contribution < -0.4 is 5.32 Å². The van der Waals surface area contributed by atoms with E-state index in [1.165, 1.54) is 16.7 Å². The lowest BCUT2D eigenvalue weighted by Gasteiger charge is -2.26. The molecular formula is C13H19N3O4S. The summed E-state index contributed by atoms with van der Waals surface area (Å²) in [4.78, 5) is 28.9. The van der Waals surface area contributed by atoms with Gasteiger partial charge >= 0.3 is 12.0 Å². The lowest BCUT2D eigenvalue weighted by molar-refractivity contribution is -0.141. The summed E-state index contributed by atoms with van der Waals surface area (Å²) >= 11 is 1.49. The van der Waals surface area contributed by atoms with Gasteiger partial charge in [0.15, 0.2) is 0 Å². The van der Waals surface area contributed by atoms with Crippen molar-refractivity contribution in [3.63, 3.8) is 0 Å². The van der Waals surface area contributed by atoms with Crippen molar-refractivity contribution in [3.8, 4) is 0 Å². The van der Waals surface area contributed by atoms with E-state index in [-0.39, 0.29) is 11.9 Å². The second kappa shape index (κ2) is 6.84. The van der Waals surface area contributed by atoms with Crippen LogP contribution in [0.25, 0.3) is 0 Å². The number of aromatic nitrogens is 1. The van der Waals surface area contributed by atoms with Crippen molar-refractivity contribution in [1.82, 2.24) is 15.2 Å². The van der Waals surface area contributed by atoms with Gasteiger partial charge in [-0.25, -0.2) is 14.6 Å². The first-order valence-corrected chi connectivity index (χ1v) is 7.95. The van der Waals surface area contributed by atoms with Crippen LogP contribution in [0.3, 0.4) is 0 Å². The number of nitrogens with zero attached hydrogens (tertiary/aromatic N) is 2. The first-order chi connectivity index (χ1) is 10.1. The maximum atomic E-state index is 12.2. The molecule has 2 N–H and O–H groups in total. The van der Waals surface area contributed by atoms with E-state index in [1.807, 2.05) is 13.8 Å². The molecule has 0 aromatic carbocycles. The zero-order valence-corrected chi connectivity index (χ0v) is 12.9. The van der Waals surface area contributed by atoms with Crippen LogP contribution in [0, 0.1) is 0 Å². The van der Waals surface area contributed by atoms with Crippen LogP contribution in [-0.2, 0) is 17.8 Å². The van der Waals surface area contributed by atoms with Gasteiger partial charge in [0.05, 0.1) is 18.1 Å². The van der Waals surface area contributed by atoms with Crippen molar-refractivity contribution >= 4 is 23.8 Å². The van der Waals surface area contributed by atoms with E-state index >= 15 is 0 Å². The highest BCUT2D eigenvalue weighted by Crippen LogP contribution is 2.31. The molecule has 0 spiro atoms. The third kappa shape index (κ3) is 3.49. The molecule has 21 heavy (non-hydrogen) atoms. The number of aryl methyl sites for hydroxylation is 1. The standard InChI is InChI=1S/C13H19N3O4S/c1-3-8-5-14-10(20-8)6-15-13(19)16-9(12(17)18)7-21-11(16)4-2/h5,9,11H,3-4,6-7H2,1-2H3,(H,15,19)(H,17,18). The Labute approximate surface area is 127 Å². The number of amides is 2. The lowest BCUT2D eigenvalue weighted by Crippen LogP contribution is -2.49. The minimum absolute atomic E-state index is 0.109. The topological polar surface area (TPSA) is 95.7 Å². The molecule has 2 unspecified atom stereocenters. The average Bonchev–Trinajstić information content (AvgIpc) is 3.10. The summed E-state index contributed by atoms with van der Waals surface area (Å²) in [6.07, 6.45) is 3.08. The zero-order valence-electron chi connectivity index (χ0n) is 12.0. The Bertz CT molecular complexity index is 519. The summed E-state index contributed by atoms with van der Waals surface area (Å²) in [6.45, 7) is 4.04. The Hall–Kier alpha value is -1.70. The fourth-order valence-corrected chi connectivity index (χ4v) is 3.52. The Morgan fingerprint density at radius 2 is 2.33 bits per heavy atom. The van der Waals surface area contributed by atoms with Crippen LogP contribution in [0.1, 0.15) is 31.9 Å². The molecular weight excluding hydrogens is 294 g/mol.